The van der Waals surface area contributed by atoms with Gasteiger partial charge in [-0.25, -0.2) is 0 Å². The normalized spacial score (nSPS) is 13.0. The highest BCUT2D eigenvalue weighted by Crippen LogP contribution is 2.53. The van der Waals surface area contributed by atoms with Gasteiger partial charge >= 0.3 is 0 Å². The Morgan fingerprint density at radius 1 is 0.368 bits per heavy atom. The minimum Gasteiger partial charge on any atom is -0.456 e. The van der Waals surface area contributed by atoms with Gasteiger partial charge in [-0.2, -0.15) is 0 Å². The number of hydrogen-bond donors (Lipinski definition) is 0. The van der Waals surface area contributed by atoms with Crippen LogP contribution in [0, 0.1) is 0 Å². The molecule has 9 aromatic rings. The smallest absolute Gasteiger partial charge is 0.135 e. The highest BCUT2D eigenvalue weighted by atomic mass is 16.5. The summed E-state index contributed by atoms with van der Waals surface area (Å²) in [6.45, 7) is 4.72. The average Bonchev–Trinajstić information content (AvgIpc) is 3.49. The van der Waals surface area contributed by atoms with Gasteiger partial charge in [0.25, 0.3) is 0 Å². The molecule has 0 spiro atoms. The number of hydrogen-bond acceptors (Lipinski definition) is 2. The first-order valence-electron chi connectivity index (χ1n) is 19.8. The maximum Gasteiger partial charge on any atom is 0.135 e. The van der Waals surface area contributed by atoms with Crippen molar-refractivity contribution in [2.45, 2.75) is 19.3 Å². The molecule has 57 heavy (non-hydrogen) atoms. The van der Waals surface area contributed by atoms with Crippen LogP contribution in [-0.2, 0) is 5.41 Å². The van der Waals surface area contributed by atoms with Crippen molar-refractivity contribution >= 4 is 27.8 Å². The van der Waals surface area contributed by atoms with Crippen molar-refractivity contribution in [1.29, 1.82) is 0 Å². The molecule has 9 aromatic carbocycles. The van der Waals surface area contributed by atoms with E-state index in [1.54, 1.807) is 0 Å². The molecular weight excluding hydrogens is 691 g/mol. The van der Waals surface area contributed by atoms with Gasteiger partial charge in [-0.15, -0.1) is 0 Å². The lowest BCUT2D eigenvalue weighted by Gasteiger charge is -2.31. The zero-order valence-electron chi connectivity index (χ0n) is 31.9. The number of nitrogens with zero attached hydrogens (tertiary/aromatic N) is 1. The zero-order valence-corrected chi connectivity index (χ0v) is 31.9. The van der Waals surface area contributed by atoms with Gasteiger partial charge in [0, 0.05) is 33.3 Å². The van der Waals surface area contributed by atoms with Crippen LogP contribution >= 0.6 is 0 Å². The Kier molecular flexibility index (Phi) is 7.55. The molecule has 0 saturated carbocycles. The van der Waals surface area contributed by atoms with Gasteiger partial charge in [0.15, 0.2) is 0 Å². The molecule has 0 unspecified atom stereocenters. The second kappa shape index (κ2) is 13.0. The van der Waals surface area contributed by atoms with Gasteiger partial charge in [-0.3, -0.25) is 0 Å². The van der Waals surface area contributed by atoms with Gasteiger partial charge in [-0.1, -0.05) is 166 Å². The fraction of sp³-hybridized carbons (Fsp3) is 0.0545. The number of ether oxygens (including phenoxy) is 1. The zero-order chi connectivity index (χ0) is 38.1. The minimum absolute atomic E-state index is 0.155. The molecule has 2 heteroatoms. The predicted octanol–water partition coefficient (Wildman–Crippen LogP) is 15.4. The maximum atomic E-state index is 6.68. The third kappa shape index (κ3) is 5.33. The van der Waals surface area contributed by atoms with E-state index in [0.717, 1.165) is 50.8 Å². The summed E-state index contributed by atoms with van der Waals surface area (Å²) < 4.78 is 6.68. The lowest BCUT2D eigenvalue weighted by Crippen LogP contribution is -2.17. The van der Waals surface area contributed by atoms with E-state index in [1.165, 1.54) is 55.3 Å². The van der Waals surface area contributed by atoms with E-state index < -0.39 is 0 Å². The first-order valence-corrected chi connectivity index (χ1v) is 19.8. The summed E-state index contributed by atoms with van der Waals surface area (Å²) in [6, 6.07) is 72.8. The summed E-state index contributed by atoms with van der Waals surface area (Å²) in [4.78, 5) is 2.49. The summed E-state index contributed by atoms with van der Waals surface area (Å²) in [7, 11) is 0. The van der Waals surface area contributed by atoms with Gasteiger partial charge in [0.05, 0.1) is 5.69 Å². The first kappa shape index (κ1) is 33.2. The molecule has 0 radical (unpaired) electrons. The van der Waals surface area contributed by atoms with E-state index in [4.69, 9.17) is 4.74 Å². The topological polar surface area (TPSA) is 12.5 Å². The Morgan fingerprint density at radius 2 is 0.895 bits per heavy atom. The standard InChI is InChI=1S/C55H39NO/c1-55(2)49-25-12-9-20-42(49)43-29-28-40(35-50(43)55)56(41-33-38(36-16-5-3-6-17-36)32-39(34-41)37-18-7-4-8-19-37)51-31-30-47-45-22-11-14-27-53(45)57-52-26-13-10-21-44(52)46-23-15-24-48(51)54(46)47/h3-35H,1-2H3. The molecule has 1 aliphatic heterocycles. The van der Waals surface area contributed by atoms with Crippen LogP contribution in [0.3, 0.4) is 0 Å². The largest absolute Gasteiger partial charge is 0.456 e. The molecular formula is C55H39NO. The predicted molar refractivity (Wildman–Crippen MR) is 238 cm³/mol. The summed E-state index contributed by atoms with van der Waals surface area (Å²) in [5.41, 5.74) is 17.7. The Balaban J connectivity index is 1.23. The van der Waals surface area contributed by atoms with Gasteiger partial charge in [0.2, 0.25) is 0 Å². The fourth-order valence-corrected chi connectivity index (χ4v) is 9.30. The second-order valence-electron chi connectivity index (χ2n) is 15.7. The number of fused-ring (bicyclic) bond motifs is 7. The quantitative estimate of drug-likeness (QED) is 0.175. The van der Waals surface area contributed by atoms with Crippen molar-refractivity contribution < 1.29 is 4.74 Å². The maximum absolute atomic E-state index is 6.68. The van der Waals surface area contributed by atoms with Crippen LogP contribution in [0.25, 0.3) is 66.4 Å². The van der Waals surface area contributed by atoms with E-state index in [2.05, 4.69) is 219 Å². The first-order chi connectivity index (χ1) is 28.0. The summed E-state index contributed by atoms with van der Waals surface area (Å²) in [6.07, 6.45) is 0. The minimum atomic E-state index is -0.155. The Labute approximate surface area is 333 Å². The van der Waals surface area contributed by atoms with E-state index in [-0.39, 0.29) is 5.41 Å². The van der Waals surface area contributed by atoms with Crippen LogP contribution < -0.4 is 9.64 Å². The fourth-order valence-electron chi connectivity index (χ4n) is 9.30. The average molecular weight is 730 g/mol. The molecule has 270 valence electrons. The molecule has 1 heterocycles. The van der Waals surface area contributed by atoms with Gasteiger partial charge in [0.1, 0.15) is 11.5 Å². The number of para-hydroxylation sites is 2. The van der Waals surface area contributed by atoms with Crippen LogP contribution in [0.4, 0.5) is 17.1 Å². The third-order valence-electron chi connectivity index (χ3n) is 12.0. The SMILES string of the molecule is CC1(C)c2ccccc2-c2ccc(N(c3cc(-c4ccccc4)cc(-c4ccccc4)c3)c3ccc4c5c(cccc35)-c3ccccc3Oc3ccccc3-4)cc21. The number of benzene rings is 9. The van der Waals surface area contributed by atoms with E-state index in [1.807, 2.05) is 0 Å². The molecule has 0 N–H and O–H groups in total. The van der Waals surface area contributed by atoms with Crippen molar-refractivity contribution in [2.75, 3.05) is 4.90 Å². The molecule has 2 aliphatic rings. The molecule has 0 fully saturated rings. The summed E-state index contributed by atoms with van der Waals surface area (Å²) in [5.74, 6) is 1.71. The van der Waals surface area contributed by atoms with Crippen molar-refractivity contribution in [2.24, 2.45) is 0 Å². The van der Waals surface area contributed by atoms with Crippen LogP contribution in [0.1, 0.15) is 25.0 Å². The number of rotatable bonds is 5. The van der Waals surface area contributed by atoms with Crippen molar-refractivity contribution in [1.82, 2.24) is 0 Å². The van der Waals surface area contributed by atoms with Gasteiger partial charge < -0.3 is 9.64 Å². The lowest BCUT2D eigenvalue weighted by molar-refractivity contribution is 0.486. The molecule has 0 saturated heterocycles. The highest BCUT2D eigenvalue weighted by Gasteiger charge is 2.36. The molecule has 0 atom stereocenters. The van der Waals surface area contributed by atoms with E-state index >= 15 is 0 Å². The highest BCUT2D eigenvalue weighted by molar-refractivity contribution is 6.14. The Bertz CT molecular complexity index is 2910. The summed E-state index contributed by atoms with van der Waals surface area (Å²) in [5, 5.41) is 2.38. The summed E-state index contributed by atoms with van der Waals surface area (Å²) >= 11 is 0. The van der Waals surface area contributed by atoms with Crippen molar-refractivity contribution in [3.8, 4) is 67.1 Å². The molecule has 0 amide bonds. The molecule has 2 nitrogen and oxygen atoms in total. The lowest BCUT2D eigenvalue weighted by atomic mass is 9.82. The molecule has 0 aromatic heterocycles. The van der Waals surface area contributed by atoms with Crippen LogP contribution in [0.5, 0.6) is 11.5 Å². The monoisotopic (exact) mass is 729 g/mol. The van der Waals surface area contributed by atoms with Crippen LogP contribution in [0.15, 0.2) is 200 Å². The van der Waals surface area contributed by atoms with Crippen molar-refractivity contribution in [3.63, 3.8) is 0 Å². The van der Waals surface area contributed by atoms with E-state index in [9.17, 15) is 0 Å². The third-order valence-corrected chi connectivity index (χ3v) is 12.0. The molecule has 0 bridgehead atoms. The molecule has 11 rings (SSSR count). The number of anilines is 3. The molecule has 1 aliphatic carbocycles. The Morgan fingerprint density at radius 3 is 1.56 bits per heavy atom. The van der Waals surface area contributed by atoms with Gasteiger partial charge in [-0.05, 0) is 110 Å². The van der Waals surface area contributed by atoms with E-state index in [0.29, 0.717) is 0 Å². The Hall–Kier alpha value is -7.16. The van der Waals surface area contributed by atoms with Crippen molar-refractivity contribution in [3.05, 3.63) is 211 Å². The van der Waals surface area contributed by atoms with Crippen LogP contribution in [0.2, 0.25) is 0 Å². The van der Waals surface area contributed by atoms with Crippen LogP contribution in [-0.4, -0.2) is 0 Å². The second-order valence-corrected chi connectivity index (χ2v) is 15.7.